The highest BCUT2D eigenvalue weighted by Crippen LogP contribution is 2.25. The Morgan fingerprint density at radius 2 is 1.94 bits per heavy atom. The highest BCUT2D eigenvalue weighted by Gasteiger charge is 2.16. The number of hydrogen-bond acceptors (Lipinski definition) is 3. The van der Waals surface area contributed by atoms with Gasteiger partial charge < -0.3 is 10.0 Å². The van der Waals surface area contributed by atoms with Gasteiger partial charge in [0, 0.05) is 36.3 Å². The minimum Gasteiger partial charge on any atom is -0.392 e. The van der Waals surface area contributed by atoms with Crippen LogP contribution in [0.15, 0.2) is 22.7 Å². The van der Waals surface area contributed by atoms with Crippen LogP contribution in [0.4, 0.5) is 5.69 Å². The summed E-state index contributed by atoms with van der Waals surface area (Å²) in [4.78, 5) is 4.94. The van der Waals surface area contributed by atoms with Crippen molar-refractivity contribution < 1.29 is 5.11 Å². The minimum atomic E-state index is 0.0884. The van der Waals surface area contributed by atoms with Crippen LogP contribution in [-0.4, -0.2) is 42.7 Å². The van der Waals surface area contributed by atoms with E-state index in [-0.39, 0.29) is 6.61 Å². The van der Waals surface area contributed by atoms with Gasteiger partial charge in [0.2, 0.25) is 0 Å². The van der Waals surface area contributed by atoms with E-state index in [1.165, 1.54) is 18.7 Å². The molecule has 2 rings (SSSR count). The largest absolute Gasteiger partial charge is 0.392 e. The molecular formula is C14H21BrN2O. The van der Waals surface area contributed by atoms with E-state index < -0.39 is 0 Å². The van der Waals surface area contributed by atoms with Gasteiger partial charge in [-0.1, -0.05) is 28.9 Å². The first-order valence-electron chi connectivity index (χ1n) is 6.61. The highest BCUT2D eigenvalue weighted by molar-refractivity contribution is 9.10. The zero-order valence-electron chi connectivity index (χ0n) is 10.9. The highest BCUT2D eigenvalue weighted by atomic mass is 79.9. The third-order valence-corrected chi connectivity index (χ3v) is 4.22. The van der Waals surface area contributed by atoms with Crippen LogP contribution in [0.3, 0.4) is 0 Å². The third-order valence-electron chi connectivity index (χ3n) is 3.48. The molecule has 1 aromatic carbocycles. The Balaban J connectivity index is 1.99. The molecule has 1 saturated heterocycles. The summed E-state index contributed by atoms with van der Waals surface area (Å²) in [6.07, 6.45) is 1.23. The van der Waals surface area contributed by atoms with Gasteiger partial charge in [-0.3, -0.25) is 4.90 Å². The molecule has 4 heteroatoms. The summed E-state index contributed by atoms with van der Waals surface area (Å²) in [6.45, 7) is 8.00. The molecule has 1 N–H and O–H groups in total. The molecule has 1 heterocycles. The summed E-state index contributed by atoms with van der Waals surface area (Å²) in [6, 6.07) is 6.21. The second-order valence-corrected chi connectivity index (χ2v) is 5.62. The van der Waals surface area contributed by atoms with Crippen molar-refractivity contribution in [2.75, 3.05) is 37.6 Å². The second kappa shape index (κ2) is 6.55. The molecule has 1 fully saturated rings. The number of piperazine rings is 1. The first kappa shape index (κ1) is 13.8. The van der Waals surface area contributed by atoms with Crippen LogP contribution < -0.4 is 4.90 Å². The molecule has 0 amide bonds. The number of nitrogens with zero attached hydrogens (tertiary/aromatic N) is 2. The van der Waals surface area contributed by atoms with Crippen molar-refractivity contribution >= 4 is 21.6 Å². The van der Waals surface area contributed by atoms with E-state index in [2.05, 4.69) is 44.8 Å². The average Bonchev–Trinajstić information content (AvgIpc) is 2.40. The Morgan fingerprint density at radius 3 is 2.50 bits per heavy atom. The number of halogens is 1. The first-order valence-corrected chi connectivity index (χ1v) is 7.40. The maximum Gasteiger partial charge on any atom is 0.0692 e. The van der Waals surface area contributed by atoms with Crippen molar-refractivity contribution in [3.63, 3.8) is 0 Å². The Labute approximate surface area is 118 Å². The number of hydrogen-bond donors (Lipinski definition) is 1. The molecule has 0 bridgehead atoms. The number of aliphatic hydroxyl groups is 1. The lowest BCUT2D eigenvalue weighted by molar-refractivity contribution is 0.258. The molecule has 0 spiro atoms. The van der Waals surface area contributed by atoms with Crippen molar-refractivity contribution in [2.45, 2.75) is 20.0 Å². The number of aliphatic hydroxyl groups excluding tert-OH is 1. The SMILES string of the molecule is CCCN1CCN(c2ccc(CO)c(Br)c2)CC1. The van der Waals surface area contributed by atoms with E-state index in [4.69, 9.17) is 5.11 Å². The summed E-state index contributed by atoms with van der Waals surface area (Å²) in [5.74, 6) is 0. The summed E-state index contributed by atoms with van der Waals surface area (Å²) in [7, 11) is 0. The average molecular weight is 313 g/mol. The summed E-state index contributed by atoms with van der Waals surface area (Å²) < 4.78 is 0.999. The van der Waals surface area contributed by atoms with Gasteiger partial charge in [0.15, 0.2) is 0 Å². The lowest BCUT2D eigenvalue weighted by Crippen LogP contribution is -2.46. The van der Waals surface area contributed by atoms with Gasteiger partial charge in [0.05, 0.1) is 6.61 Å². The van der Waals surface area contributed by atoms with E-state index in [1.807, 2.05) is 6.07 Å². The fraction of sp³-hybridized carbons (Fsp3) is 0.571. The molecule has 100 valence electrons. The number of anilines is 1. The van der Waals surface area contributed by atoms with E-state index in [1.54, 1.807) is 0 Å². The van der Waals surface area contributed by atoms with Crippen LogP contribution in [0.1, 0.15) is 18.9 Å². The second-order valence-electron chi connectivity index (χ2n) is 4.76. The normalized spacial score (nSPS) is 17.2. The lowest BCUT2D eigenvalue weighted by Gasteiger charge is -2.36. The molecule has 0 atom stereocenters. The fourth-order valence-electron chi connectivity index (χ4n) is 2.41. The summed E-state index contributed by atoms with van der Waals surface area (Å²) in [5.41, 5.74) is 2.19. The summed E-state index contributed by atoms with van der Waals surface area (Å²) >= 11 is 3.51. The van der Waals surface area contributed by atoms with E-state index >= 15 is 0 Å². The molecule has 18 heavy (non-hydrogen) atoms. The van der Waals surface area contributed by atoms with Crippen LogP contribution in [0, 0.1) is 0 Å². The smallest absolute Gasteiger partial charge is 0.0692 e. The van der Waals surface area contributed by atoms with Gasteiger partial charge in [0.25, 0.3) is 0 Å². The van der Waals surface area contributed by atoms with Crippen LogP contribution in [0.25, 0.3) is 0 Å². The van der Waals surface area contributed by atoms with Crippen molar-refractivity contribution in [3.05, 3.63) is 28.2 Å². The molecule has 1 aliphatic rings. The number of rotatable bonds is 4. The van der Waals surface area contributed by atoms with E-state index in [0.717, 1.165) is 36.2 Å². The van der Waals surface area contributed by atoms with E-state index in [0.29, 0.717) is 0 Å². The predicted octanol–water partition coefficient (Wildman–Crippen LogP) is 2.47. The van der Waals surface area contributed by atoms with Gasteiger partial charge >= 0.3 is 0 Å². The molecule has 0 aliphatic carbocycles. The molecule has 0 radical (unpaired) electrons. The Morgan fingerprint density at radius 1 is 1.22 bits per heavy atom. The van der Waals surface area contributed by atoms with Gasteiger partial charge in [-0.2, -0.15) is 0 Å². The van der Waals surface area contributed by atoms with Gasteiger partial charge in [-0.05, 0) is 30.7 Å². The van der Waals surface area contributed by atoms with Crippen molar-refractivity contribution in [3.8, 4) is 0 Å². The molecule has 3 nitrogen and oxygen atoms in total. The molecule has 0 saturated carbocycles. The topological polar surface area (TPSA) is 26.7 Å². The van der Waals surface area contributed by atoms with Gasteiger partial charge in [-0.15, -0.1) is 0 Å². The molecular weight excluding hydrogens is 292 g/mol. The van der Waals surface area contributed by atoms with Crippen LogP contribution in [-0.2, 0) is 6.61 Å². The predicted molar refractivity (Wildman–Crippen MR) is 79.0 cm³/mol. The maximum atomic E-state index is 9.16. The first-order chi connectivity index (χ1) is 8.74. The number of benzene rings is 1. The molecule has 1 aromatic rings. The Kier molecular flexibility index (Phi) is 5.03. The zero-order valence-corrected chi connectivity index (χ0v) is 12.5. The monoisotopic (exact) mass is 312 g/mol. The molecule has 0 aromatic heterocycles. The Hall–Kier alpha value is -0.580. The van der Waals surface area contributed by atoms with Crippen LogP contribution >= 0.6 is 15.9 Å². The molecule has 1 aliphatic heterocycles. The lowest BCUT2D eigenvalue weighted by atomic mass is 10.2. The van der Waals surface area contributed by atoms with Crippen molar-refractivity contribution in [2.24, 2.45) is 0 Å². The molecule has 0 unspecified atom stereocenters. The van der Waals surface area contributed by atoms with Crippen LogP contribution in [0.5, 0.6) is 0 Å². The standard InChI is InChI=1S/C14H21BrN2O/c1-2-5-16-6-8-17(9-7-16)13-4-3-12(11-18)14(15)10-13/h3-4,10,18H,2,5-9,11H2,1H3. The van der Waals surface area contributed by atoms with Crippen molar-refractivity contribution in [1.82, 2.24) is 4.90 Å². The summed E-state index contributed by atoms with van der Waals surface area (Å²) in [5, 5.41) is 9.16. The quantitative estimate of drug-likeness (QED) is 0.925. The maximum absolute atomic E-state index is 9.16. The van der Waals surface area contributed by atoms with Crippen molar-refractivity contribution in [1.29, 1.82) is 0 Å². The zero-order chi connectivity index (χ0) is 13.0. The fourth-order valence-corrected chi connectivity index (χ4v) is 2.90. The third kappa shape index (κ3) is 3.25. The van der Waals surface area contributed by atoms with Gasteiger partial charge in [0.1, 0.15) is 0 Å². The van der Waals surface area contributed by atoms with Gasteiger partial charge in [-0.25, -0.2) is 0 Å². The van der Waals surface area contributed by atoms with Crippen LogP contribution in [0.2, 0.25) is 0 Å². The van der Waals surface area contributed by atoms with E-state index in [9.17, 15) is 0 Å². The minimum absolute atomic E-state index is 0.0884. The Bertz CT molecular complexity index is 389.